The molecule has 1 aromatic rings. The Morgan fingerprint density at radius 2 is 2.12 bits per heavy atom. The van der Waals surface area contributed by atoms with Crippen LogP contribution in [0, 0.1) is 0 Å². The normalized spacial score (nSPS) is 18.2. The number of aromatic nitrogens is 2. The molecule has 16 heavy (non-hydrogen) atoms. The van der Waals surface area contributed by atoms with Crippen molar-refractivity contribution in [2.24, 2.45) is 0 Å². The minimum atomic E-state index is -0.453. The van der Waals surface area contributed by atoms with Crippen LogP contribution in [-0.2, 0) is 6.54 Å². The van der Waals surface area contributed by atoms with Gasteiger partial charge in [0.05, 0.1) is 0 Å². The molecule has 0 radical (unpaired) electrons. The summed E-state index contributed by atoms with van der Waals surface area (Å²) in [5.74, 6) is 0. The molecule has 0 bridgehead atoms. The average Bonchev–Trinajstić information content (AvgIpc) is 2.51. The number of hydrogen-bond donors (Lipinski definition) is 3. The molecule has 1 saturated heterocycles. The molecule has 0 unspecified atom stereocenters. The topological polar surface area (TPSA) is 81.0 Å². The van der Waals surface area contributed by atoms with Crippen LogP contribution in [0.25, 0.3) is 0 Å². The van der Waals surface area contributed by atoms with Gasteiger partial charge in [-0.15, -0.1) is 0 Å². The number of rotatable bonds is 2. The van der Waals surface area contributed by atoms with Crippen molar-refractivity contribution < 1.29 is 0 Å². The summed E-state index contributed by atoms with van der Waals surface area (Å²) in [6.07, 6.45) is 2.58. The third kappa shape index (κ3) is 2.80. The van der Waals surface area contributed by atoms with Gasteiger partial charge >= 0.3 is 5.69 Å². The van der Waals surface area contributed by atoms with Gasteiger partial charge in [-0.3, -0.25) is 14.7 Å². The summed E-state index contributed by atoms with van der Waals surface area (Å²) in [5, 5.41) is 3.30. The second kappa shape index (κ2) is 5.09. The Balaban J connectivity index is 2.07. The molecule has 6 nitrogen and oxygen atoms in total. The Kier molecular flexibility index (Phi) is 3.53. The van der Waals surface area contributed by atoms with E-state index in [2.05, 4.69) is 20.2 Å². The Hall–Kier alpha value is -1.40. The van der Waals surface area contributed by atoms with Crippen LogP contribution in [0.4, 0.5) is 0 Å². The molecular formula is C10H16N4O2. The third-order valence-electron chi connectivity index (χ3n) is 2.72. The van der Waals surface area contributed by atoms with Gasteiger partial charge in [0.2, 0.25) is 0 Å². The fraction of sp³-hybridized carbons (Fsp3) is 0.600. The lowest BCUT2D eigenvalue weighted by molar-refractivity contribution is 0.283. The smallest absolute Gasteiger partial charge is 0.315 e. The van der Waals surface area contributed by atoms with Crippen molar-refractivity contribution in [3.05, 3.63) is 32.6 Å². The molecule has 0 amide bonds. The van der Waals surface area contributed by atoms with E-state index >= 15 is 0 Å². The van der Waals surface area contributed by atoms with Gasteiger partial charge < -0.3 is 10.3 Å². The highest BCUT2D eigenvalue weighted by Crippen LogP contribution is 2.00. The van der Waals surface area contributed by atoms with E-state index < -0.39 is 5.69 Å². The summed E-state index contributed by atoms with van der Waals surface area (Å²) in [4.78, 5) is 29.3. The summed E-state index contributed by atoms with van der Waals surface area (Å²) in [6, 6.07) is 0. The first-order chi connectivity index (χ1) is 7.75. The molecule has 0 aliphatic carbocycles. The van der Waals surface area contributed by atoms with Gasteiger partial charge in [-0.25, -0.2) is 4.79 Å². The van der Waals surface area contributed by atoms with Gasteiger partial charge in [0.1, 0.15) is 0 Å². The molecule has 1 aliphatic heterocycles. The molecule has 2 heterocycles. The van der Waals surface area contributed by atoms with Crippen LogP contribution in [-0.4, -0.2) is 41.0 Å². The third-order valence-corrected chi connectivity index (χ3v) is 2.72. The number of aromatic amines is 2. The quantitative estimate of drug-likeness (QED) is 0.593. The van der Waals surface area contributed by atoms with Crippen LogP contribution in [0.1, 0.15) is 12.0 Å². The molecule has 0 spiro atoms. The van der Waals surface area contributed by atoms with E-state index in [1.54, 1.807) is 0 Å². The first-order valence-corrected chi connectivity index (χ1v) is 5.49. The highest BCUT2D eigenvalue weighted by Gasteiger charge is 2.10. The first kappa shape index (κ1) is 11.1. The maximum absolute atomic E-state index is 11.5. The van der Waals surface area contributed by atoms with E-state index in [-0.39, 0.29) is 5.56 Å². The van der Waals surface area contributed by atoms with E-state index in [4.69, 9.17) is 0 Å². The molecule has 6 heteroatoms. The molecule has 1 aromatic heterocycles. The van der Waals surface area contributed by atoms with Crippen molar-refractivity contribution in [2.75, 3.05) is 26.2 Å². The number of hydrogen-bond acceptors (Lipinski definition) is 4. The minimum absolute atomic E-state index is 0.291. The van der Waals surface area contributed by atoms with Crippen LogP contribution in [0.15, 0.2) is 15.8 Å². The zero-order valence-corrected chi connectivity index (χ0v) is 9.08. The van der Waals surface area contributed by atoms with Gasteiger partial charge in [0.25, 0.3) is 5.56 Å². The van der Waals surface area contributed by atoms with Crippen LogP contribution in [0.5, 0.6) is 0 Å². The van der Waals surface area contributed by atoms with Crippen LogP contribution < -0.4 is 16.6 Å². The zero-order chi connectivity index (χ0) is 11.4. The van der Waals surface area contributed by atoms with Crippen LogP contribution in [0.2, 0.25) is 0 Å². The van der Waals surface area contributed by atoms with Crippen LogP contribution in [0.3, 0.4) is 0 Å². The van der Waals surface area contributed by atoms with E-state index in [0.717, 1.165) is 32.6 Å². The summed E-state index contributed by atoms with van der Waals surface area (Å²) in [5.41, 5.74) is -0.131. The van der Waals surface area contributed by atoms with Gasteiger partial charge in [-0.2, -0.15) is 0 Å². The summed E-state index contributed by atoms with van der Waals surface area (Å²) < 4.78 is 0. The van der Waals surface area contributed by atoms with Crippen molar-refractivity contribution in [1.82, 2.24) is 20.2 Å². The van der Waals surface area contributed by atoms with Gasteiger partial charge in [0.15, 0.2) is 0 Å². The lowest BCUT2D eigenvalue weighted by Gasteiger charge is -2.18. The molecular weight excluding hydrogens is 208 g/mol. The van der Waals surface area contributed by atoms with E-state index in [1.807, 2.05) is 0 Å². The molecule has 0 saturated carbocycles. The van der Waals surface area contributed by atoms with Gasteiger partial charge in [-0.1, -0.05) is 0 Å². The van der Waals surface area contributed by atoms with E-state index in [1.165, 1.54) is 6.20 Å². The Labute approximate surface area is 92.7 Å². The number of H-pyrrole nitrogens is 2. The summed E-state index contributed by atoms with van der Waals surface area (Å²) in [6.45, 7) is 4.47. The fourth-order valence-corrected chi connectivity index (χ4v) is 1.86. The predicted molar refractivity (Wildman–Crippen MR) is 60.4 cm³/mol. The van der Waals surface area contributed by atoms with E-state index in [0.29, 0.717) is 12.1 Å². The summed E-state index contributed by atoms with van der Waals surface area (Å²) in [7, 11) is 0. The van der Waals surface area contributed by atoms with Crippen molar-refractivity contribution in [2.45, 2.75) is 13.0 Å². The lowest BCUT2D eigenvalue weighted by Crippen LogP contribution is -2.32. The lowest BCUT2D eigenvalue weighted by atomic mass is 10.3. The standard InChI is InChI=1S/C10H16N4O2/c15-9-8(6-12-10(16)13-9)7-14-4-1-2-11-3-5-14/h6,11H,1-5,7H2,(H2,12,13,15,16). The molecule has 1 aliphatic rings. The van der Waals surface area contributed by atoms with Gasteiger partial charge in [0, 0.05) is 31.4 Å². The Bertz CT molecular complexity index is 443. The maximum atomic E-state index is 11.5. The monoisotopic (exact) mass is 224 g/mol. The summed E-state index contributed by atoms with van der Waals surface area (Å²) >= 11 is 0. The Morgan fingerprint density at radius 1 is 1.25 bits per heavy atom. The second-order valence-electron chi connectivity index (χ2n) is 3.98. The minimum Gasteiger partial charge on any atom is -0.315 e. The van der Waals surface area contributed by atoms with E-state index in [9.17, 15) is 9.59 Å². The number of nitrogens with one attached hydrogen (secondary N) is 3. The largest absolute Gasteiger partial charge is 0.325 e. The van der Waals surface area contributed by atoms with Gasteiger partial charge in [-0.05, 0) is 19.5 Å². The molecule has 0 aromatic carbocycles. The molecule has 0 atom stereocenters. The van der Waals surface area contributed by atoms with Crippen LogP contribution >= 0.6 is 0 Å². The highest BCUT2D eigenvalue weighted by atomic mass is 16.2. The molecule has 88 valence electrons. The number of nitrogens with zero attached hydrogens (tertiary/aromatic N) is 1. The Morgan fingerprint density at radius 3 is 2.94 bits per heavy atom. The predicted octanol–water partition coefficient (Wildman–Crippen LogP) is -1.14. The van der Waals surface area contributed by atoms with Crippen molar-refractivity contribution in [3.8, 4) is 0 Å². The second-order valence-corrected chi connectivity index (χ2v) is 3.98. The molecule has 3 N–H and O–H groups in total. The highest BCUT2D eigenvalue weighted by molar-refractivity contribution is 5.03. The van der Waals surface area contributed by atoms with Crippen molar-refractivity contribution >= 4 is 0 Å². The molecule has 1 fully saturated rings. The van der Waals surface area contributed by atoms with Crippen molar-refractivity contribution in [3.63, 3.8) is 0 Å². The fourth-order valence-electron chi connectivity index (χ4n) is 1.86. The molecule has 2 rings (SSSR count). The average molecular weight is 224 g/mol. The van der Waals surface area contributed by atoms with Crippen molar-refractivity contribution in [1.29, 1.82) is 0 Å². The maximum Gasteiger partial charge on any atom is 0.325 e. The zero-order valence-electron chi connectivity index (χ0n) is 9.08. The SMILES string of the molecule is O=c1[nH]cc(CN2CCCNCC2)c(=O)[nH]1. The first-order valence-electron chi connectivity index (χ1n) is 5.49.